The summed E-state index contributed by atoms with van der Waals surface area (Å²) in [6, 6.07) is 0.635. The van der Waals surface area contributed by atoms with E-state index in [1.54, 1.807) is 0 Å². The molecule has 0 aromatic rings. The summed E-state index contributed by atoms with van der Waals surface area (Å²) >= 11 is 0. The first-order valence-electron chi connectivity index (χ1n) is 6.17. The maximum absolute atomic E-state index is 5.60. The molecule has 0 aliphatic heterocycles. The van der Waals surface area contributed by atoms with Crippen LogP contribution < -0.4 is 5.32 Å². The van der Waals surface area contributed by atoms with Crippen molar-refractivity contribution in [1.29, 1.82) is 0 Å². The lowest BCUT2D eigenvalue weighted by atomic mass is 10.2. The molecule has 0 aromatic carbocycles. The third-order valence-corrected chi connectivity index (χ3v) is 2.48. The molecule has 1 unspecified atom stereocenters. The Morgan fingerprint density at radius 1 is 1.13 bits per heavy atom. The molecule has 0 heterocycles. The van der Waals surface area contributed by atoms with E-state index in [1.165, 1.54) is 12.8 Å². The smallest absolute Gasteiger partial charge is 0.0781 e. The fourth-order valence-electron chi connectivity index (χ4n) is 1.43. The first kappa shape index (κ1) is 14.9. The normalized spacial score (nSPS) is 13.4. The highest BCUT2D eigenvalue weighted by molar-refractivity contribution is 4.61. The van der Waals surface area contributed by atoms with Crippen LogP contribution in [0.1, 0.15) is 40.5 Å². The molecule has 0 aliphatic carbocycles. The molecule has 0 radical (unpaired) electrons. The Bertz CT molecular complexity index is 127. The van der Waals surface area contributed by atoms with Crippen molar-refractivity contribution in [2.24, 2.45) is 0 Å². The molecule has 0 saturated carbocycles. The van der Waals surface area contributed by atoms with Gasteiger partial charge in [-0.05, 0) is 26.7 Å². The second kappa shape index (κ2) is 10.4. The highest BCUT2D eigenvalue weighted by Gasteiger charge is 2.03. The Labute approximate surface area is 94.5 Å². The lowest BCUT2D eigenvalue weighted by Gasteiger charge is -2.16. The summed E-state index contributed by atoms with van der Waals surface area (Å²) in [6.45, 7) is 11.6. The molecular formula is C12H27NO2. The topological polar surface area (TPSA) is 30.5 Å². The summed E-state index contributed by atoms with van der Waals surface area (Å²) in [6.07, 6.45) is 2.57. The van der Waals surface area contributed by atoms with Crippen LogP contribution in [-0.2, 0) is 9.47 Å². The molecule has 0 saturated heterocycles. The number of hydrogen-bond acceptors (Lipinski definition) is 3. The van der Waals surface area contributed by atoms with Gasteiger partial charge in [0.2, 0.25) is 0 Å². The van der Waals surface area contributed by atoms with E-state index in [0.29, 0.717) is 12.6 Å². The Morgan fingerprint density at radius 2 is 1.80 bits per heavy atom. The third kappa shape index (κ3) is 8.85. The number of rotatable bonds is 10. The SMILES string of the molecule is CCOCC(C)OCCNC(CC)CC. The van der Waals surface area contributed by atoms with Crippen LogP contribution in [0.2, 0.25) is 0 Å². The Kier molecular flexibility index (Phi) is 10.3. The summed E-state index contributed by atoms with van der Waals surface area (Å²) in [7, 11) is 0. The minimum absolute atomic E-state index is 0.202. The average molecular weight is 217 g/mol. The van der Waals surface area contributed by atoms with Crippen LogP contribution in [0.3, 0.4) is 0 Å². The minimum atomic E-state index is 0.202. The van der Waals surface area contributed by atoms with E-state index < -0.39 is 0 Å². The van der Waals surface area contributed by atoms with Crippen LogP contribution in [0, 0.1) is 0 Å². The molecule has 0 rings (SSSR count). The van der Waals surface area contributed by atoms with Gasteiger partial charge in [-0.1, -0.05) is 13.8 Å². The molecule has 1 atom stereocenters. The first-order chi connectivity index (χ1) is 7.24. The molecule has 0 fully saturated rings. The molecule has 0 bridgehead atoms. The van der Waals surface area contributed by atoms with Crippen LogP contribution in [0.25, 0.3) is 0 Å². The van der Waals surface area contributed by atoms with Crippen LogP contribution in [0.4, 0.5) is 0 Å². The molecule has 0 aliphatic rings. The van der Waals surface area contributed by atoms with Crippen LogP contribution >= 0.6 is 0 Å². The second-order valence-corrected chi connectivity index (χ2v) is 3.81. The molecule has 92 valence electrons. The summed E-state index contributed by atoms with van der Waals surface area (Å²) in [5, 5.41) is 3.46. The highest BCUT2D eigenvalue weighted by atomic mass is 16.5. The van der Waals surface area contributed by atoms with Gasteiger partial charge in [0.25, 0.3) is 0 Å². The largest absolute Gasteiger partial charge is 0.379 e. The van der Waals surface area contributed by atoms with E-state index in [4.69, 9.17) is 9.47 Å². The van der Waals surface area contributed by atoms with E-state index >= 15 is 0 Å². The molecule has 3 heteroatoms. The molecule has 1 N–H and O–H groups in total. The molecule has 0 amide bonds. The number of nitrogens with one attached hydrogen (secondary N) is 1. The molecule has 3 nitrogen and oxygen atoms in total. The zero-order valence-corrected chi connectivity index (χ0v) is 10.7. The summed E-state index contributed by atoms with van der Waals surface area (Å²) in [4.78, 5) is 0. The highest BCUT2D eigenvalue weighted by Crippen LogP contribution is 1.96. The molecular weight excluding hydrogens is 190 g/mol. The maximum Gasteiger partial charge on any atom is 0.0781 e. The first-order valence-corrected chi connectivity index (χ1v) is 6.17. The van der Waals surface area contributed by atoms with E-state index in [1.807, 2.05) is 13.8 Å². The van der Waals surface area contributed by atoms with Gasteiger partial charge in [0.1, 0.15) is 0 Å². The molecule has 15 heavy (non-hydrogen) atoms. The quantitative estimate of drug-likeness (QED) is 0.569. The van der Waals surface area contributed by atoms with Gasteiger partial charge in [-0.25, -0.2) is 0 Å². The van der Waals surface area contributed by atoms with Gasteiger partial charge in [0, 0.05) is 19.2 Å². The van der Waals surface area contributed by atoms with Crippen LogP contribution in [-0.4, -0.2) is 38.5 Å². The fourth-order valence-corrected chi connectivity index (χ4v) is 1.43. The van der Waals surface area contributed by atoms with Gasteiger partial charge in [0.05, 0.1) is 19.3 Å². The van der Waals surface area contributed by atoms with E-state index in [9.17, 15) is 0 Å². The molecule has 0 spiro atoms. The van der Waals surface area contributed by atoms with Crippen molar-refractivity contribution in [1.82, 2.24) is 5.32 Å². The van der Waals surface area contributed by atoms with Crippen molar-refractivity contribution in [3.05, 3.63) is 0 Å². The van der Waals surface area contributed by atoms with Gasteiger partial charge in [-0.3, -0.25) is 0 Å². The van der Waals surface area contributed by atoms with E-state index in [0.717, 1.165) is 19.8 Å². The second-order valence-electron chi connectivity index (χ2n) is 3.81. The zero-order chi connectivity index (χ0) is 11.5. The van der Waals surface area contributed by atoms with Gasteiger partial charge < -0.3 is 14.8 Å². The summed E-state index contributed by atoms with van der Waals surface area (Å²) in [5.74, 6) is 0. The number of ether oxygens (including phenoxy) is 2. The maximum atomic E-state index is 5.60. The number of hydrogen-bond donors (Lipinski definition) is 1. The van der Waals surface area contributed by atoms with Crippen LogP contribution in [0.5, 0.6) is 0 Å². The lowest BCUT2D eigenvalue weighted by molar-refractivity contribution is -0.00247. The van der Waals surface area contributed by atoms with E-state index in [-0.39, 0.29) is 6.10 Å². The van der Waals surface area contributed by atoms with Gasteiger partial charge >= 0.3 is 0 Å². The zero-order valence-electron chi connectivity index (χ0n) is 10.7. The van der Waals surface area contributed by atoms with Gasteiger partial charge in [0.15, 0.2) is 0 Å². The van der Waals surface area contributed by atoms with Crippen LogP contribution in [0.15, 0.2) is 0 Å². The Balaban J connectivity index is 3.29. The van der Waals surface area contributed by atoms with Crippen molar-refractivity contribution in [2.75, 3.05) is 26.4 Å². The monoisotopic (exact) mass is 217 g/mol. The average Bonchev–Trinajstić information content (AvgIpc) is 2.26. The third-order valence-electron chi connectivity index (χ3n) is 2.48. The lowest BCUT2D eigenvalue weighted by Crippen LogP contribution is -2.32. The standard InChI is InChI=1S/C12H27NO2/c1-5-12(6-2)13-8-9-15-11(4)10-14-7-3/h11-13H,5-10H2,1-4H3. The van der Waals surface area contributed by atoms with Crippen molar-refractivity contribution < 1.29 is 9.47 Å². The molecule has 0 aromatic heterocycles. The Hall–Kier alpha value is -0.120. The minimum Gasteiger partial charge on any atom is -0.379 e. The Morgan fingerprint density at radius 3 is 2.33 bits per heavy atom. The van der Waals surface area contributed by atoms with Crippen molar-refractivity contribution >= 4 is 0 Å². The fraction of sp³-hybridized carbons (Fsp3) is 1.00. The van der Waals surface area contributed by atoms with Crippen molar-refractivity contribution in [3.8, 4) is 0 Å². The van der Waals surface area contributed by atoms with Gasteiger partial charge in [-0.15, -0.1) is 0 Å². The predicted octanol–water partition coefficient (Wildman–Crippen LogP) is 2.21. The van der Waals surface area contributed by atoms with Crippen molar-refractivity contribution in [2.45, 2.75) is 52.7 Å². The van der Waals surface area contributed by atoms with E-state index in [2.05, 4.69) is 19.2 Å². The van der Waals surface area contributed by atoms with Crippen molar-refractivity contribution in [3.63, 3.8) is 0 Å². The predicted molar refractivity (Wildman–Crippen MR) is 64.3 cm³/mol. The van der Waals surface area contributed by atoms with Gasteiger partial charge in [-0.2, -0.15) is 0 Å². The summed E-state index contributed by atoms with van der Waals surface area (Å²) in [5.41, 5.74) is 0. The summed E-state index contributed by atoms with van der Waals surface area (Å²) < 4.78 is 10.9.